The summed E-state index contributed by atoms with van der Waals surface area (Å²) in [6.45, 7) is 5.19. The highest BCUT2D eigenvalue weighted by molar-refractivity contribution is 5.85. The number of piperazine rings is 1. The number of benzene rings is 1. The summed E-state index contributed by atoms with van der Waals surface area (Å²) in [7, 11) is 0. The molecule has 0 spiro atoms. The van der Waals surface area contributed by atoms with Gasteiger partial charge in [-0.1, -0.05) is 6.07 Å². The van der Waals surface area contributed by atoms with E-state index in [1.54, 1.807) is 4.90 Å². The van der Waals surface area contributed by atoms with Gasteiger partial charge in [-0.05, 0) is 13.0 Å². The Morgan fingerprint density at radius 3 is 2.71 bits per heavy atom. The molecule has 8 heteroatoms. The van der Waals surface area contributed by atoms with Crippen molar-refractivity contribution >= 4 is 24.2 Å². The second kappa shape index (κ2) is 8.94. The van der Waals surface area contributed by atoms with Crippen molar-refractivity contribution in [1.82, 2.24) is 15.5 Å². The minimum Gasteiger partial charge on any atom is -0.349 e. The fraction of sp³-hybridized carbons (Fsp3) is 0.500. The zero-order valence-corrected chi connectivity index (χ0v) is 14.5. The zero-order valence-electron chi connectivity index (χ0n) is 13.6. The lowest BCUT2D eigenvalue weighted by molar-refractivity contribution is -0.134. The summed E-state index contributed by atoms with van der Waals surface area (Å²) in [5.74, 6) is -2.01. The van der Waals surface area contributed by atoms with Crippen molar-refractivity contribution in [3.63, 3.8) is 0 Å². The predicted octanol–water partition coefficient (Wildman–Crippen LogP) is 1.77. The van der Waals surface area contributed by atoms with Crippen molar-refractivity contribution in [1.29, 1.82) is 0 Å². The molecule has 1 unspecified atom stereocenters. The number of halogens is 3. The monoisotopic (exact) mass is 361 g/mol. The Bertz CT molecular complexity index is 601. The molecule has 0 bridgehead atoms. The van der Waals surface area contributed by atoms with Gasteiger partial charge in [-0.2, -0.15) is 0 Å². The summed E-state index contributed by atoms with van der Waals surface area (Å²) in [5, 5.41) is 5.76. The Hall–Kier alpha value is -1.73. The SMILES string of the molecule is CC(=O)NC(CC(=O)N1CCNC[C@@H]1C)c1ccc(F)cc1F.Cl. The van der Waals surface area contributed by atoms with Gasteiger partial charge in [0.05, 0.1) is 12.5 Å². The van der Waals surface area contributed by atoms with Crippen molar-refractivity contribution in [2.24, 2.45) is 0 Å². The van der Waals surface area contributed by atoms with Crippen LogP contribution >= 0.6 is 12.4 Å². The van der Waals surface area contributed by atoms with Gasteiger partial charge in [-0.15, -0.1) is 12.4 Å². The molecule has 24 heavy (non-hydrogen) atoms. The van der Waals surface area contributed by atoms with Crippen LogP contribution in [0.25, 0.3) is 0 Å². The number of hydrogen-bond donors (Lipinski definition) is 2. The molecular formula is C16H22ClF2N3O2. The summed E-state index contributed by atoms with van der Waals surface area (Å²) in [4.78, 5) is 25.6. The standard InChI is InChI=1S/C16H21F2N3O2.ClH/c1-10-9-19-5-6-21(10)16(23)8-15(20-11(2)22)13-4-3-12(17)7-14(13)18;/h3-4,7,10,15,19H,5-6,8-9H2,1-2H3,(H,20,22);1H/t10-,15?;/m0./s1. The second-order valence-corrected chi connectivity index (χ2v) is 5.76. The van der Waals surface area contributed by atoms with E-state index in [-0.39, 0.29) is 42.2 Å². The Labute approximate surface area is 146 Å². The number of nitrogens with zero attached hydrogens (tertiary/aromatic N) is 1. The van der Waals surface area contributed by atoms with Gasteiger partial charge < -0.3 is 15.5 Å². The van der Waals surface area contributed by atoms with Gasteiger partial charge >= 0.3 is 0 Å². The molecule has 1 aromatic rings. The first kappa shape index (κ1) is 20.3. The van der Waals surface area contributed by atoms with Gasteiger partial charge in [-0.3, -0.25) is 9.59 Å². The van der Waals surface area contributed by atoms with Crippen molar-refractivity contribution in [3.05, 3.63) is 35.4 Å². The smallest absolute Gasteiger partial charge is 0.225 e. The largest absolute Gasteiger partial charge is 0.349 e. The minimum absolute atomic E-state index is 0. The van der Waals surface area contributed by atoms with E-state index in [9.17, 15) is 18.4 Å². The van der Waals surface area contributed by atoms with Crippen molar-refractivity contribution in [3.8, 4) is 0 Å². The van der Waals surface area contributed by atoms with Crippen LogP contribution in [0, 0.1) is 11.6 Å². The van der Waals surface area contributed by atoms with Gasteiger partial charge in [0, 0.05) is 44.2 Å². The van der Waals surface area contributed by atoms with Gasteiger partial charge in [0.2, 0.25) is 11.8 Å². The van der Waals surface area contributed by atoms with Crippen molar-refractivity contribution in [2.75, 3.05) is 19.6 Å². The van der Waals surface area contributed by atoms with Gasteiger partial charge in [0.15, 0.2) is 0 Å². The molecule has 2 atom stereocenters. The molecule has 2 rings (SSSR count). The average molecular weight is 362 g/mol. The molecule has 1 fully saturated rings. The molecule has 2 amide bonds. The zero-order chi connectivity index (χ0) is 17.0. The van der Waals surface area contributed by atoms with E-state index in [4.69, 9.17) is 0 Å². The Morgan fingerprint density at radius 2 is 2.12 bits per heavy atom. The highest BCUT2D eigenvalue weighted by Gasteiger charge is 2.27. The first-order valence-electron chi connectivity index (χ1n) is 7.60. The number of carbonyl (C=O) groups excluding carboxylic acids is 2. The minimum atomic E-state index is -0.817. The maximum Gasteiger partial charge on any atom is 0.225 e. The van der Waals surface area contributed by atoms with E-state index < -0.39 is 17.7 Å². The molecule has 5 nitrogen and oxygen atoms in total. The highest BCUT2D eigenvalue weighted by Crippen LogP contribution is 2.23. The first-order valence-corrected chi connectivity index (χ1v) is 7.60. The third-order valence-electron chi connectivity index (χ3n) is 3.92. The maximum atomic E-state index is 14.0. The van der Waals surface area contributed by atoms with E-state index in [2.05, 4.69) is 10.6 Å². The summed E-state index contributed by atoms with van der Waals surface area (Å²) in [6, 6.07) is 2.35. The van der Waals surface area contributed by atoms with Crippen molar-refractivity contribution in [2.45, 2.75) is 32.4 Å². The second-order valence-electron chi connectivity index (χ2n) is 5.76. The molecule has 2 N–H and O–H groups in total. The molecule has 1 saturated heterocycles. The van der Waals surface area contributed by atoms with Crippen LogP contribution in [0.4, 0.5) is 8.78 Å². The average Bonchev–Trinajstić information content (AvgIpc) is 2.46. The molecule has 134 valence electrons. The number of amides is 2. The number of carbonyl (C=O) groups is 2. The Morgan fingerprint density at radius 1 is 1.42 bits per heavy atom. The number of hydrogen-bond acceptors (Lipinski definition) is 3. The molecule has 0 radical (unpaired) electrons. The van der Waals surface area contributed by atoms with Crippen LogP contribution in [-0.4, -0.2) is 42.4 Å². The number of rotatable bonds is 4. The molecule has 0 aliphatic carbocycles. The Balaban J connectivity index is 0.00000288. The maximum absolute atomic E-state index is 14.0. The van der Waals surface area contributed by atoms with Crippen LogP contribution in [0.2, 0.25) is 0 Å². The lowest BCUT2D eigenvalue weighted by Gasteiger charge is -2.35. The fourth-order valence-electron chi connectivity index (χ4n) is 2.77. The van der Waals surface area contributed by atoms with E-state index in [1.807, 2.05) is 6.92 Å². The number of nitrogens with one attached hydrogen (secondary N) is 2. The lowest BCUT2D eigenvalue weighted by Crippen LogP contribution is -2.52. The van der Waals surface area contributed by atoms with Crippen LogP contribution in [-0.2, 0) is 9.59 Å². The van der Waals surface area contributed by atoms with E-state index in [0.29, 0.717) is 19.6 Å². The quantitative estimate of drug-likeness (QED) is 0.859. The summed E-state index contributed by atoms with van der Waals surface area (Å²) in [6.07, 6.45) is -0.0630. The summed E-state index contributed by atoms with van der Waals surface area (Å²) >= 11 is 0. The van der Waals surface area contributed by atoms with E-state index >= 15 is 0 Å². The summed E-state index contributed by atoms with van der Waals surface area (Å²) < 4.78 is 27.1. The fourth-order valence-corrected chi connectivity index (χ4v) is 2.77. The van der Waals surface area contributed by atoms with Crippen LogP contribution in [0.3, 0.4) is 0 Å². The third-order valence-corrected chi connectivity index (χ3v) is 3.92. The highest BCUT2D eigenvalue weighted by atomic mass is 35.5. The first-order chi connectivity index (χ1) is 10.9. The van der Waals surface area contributed by atoms with Crippen LogP contribution in [0.5, 0.6) is 0 Å². The van der Waals surface area contributed by atoms with Gasteiger partial charge in [-0.25, -0.2) is 8.78 Å². The molecule has 0 saturated carbocycles. The molecule has 1 aromatic carbocycles. The molecule has 1 heterocycles. The summed E-state index contributed by atoms with van der Waals surface area (Å²) in [5.41, 5.74) is 0.109. The molecule has 0 aromatic heterocycles. The van der Waals surface area contributed by atoms with Crippen LogP contribution in [0.15, 0.2) is 18.2 Å². The third kappa shape index (κ3) is 5.14. The lowest BCUT2D eigenvalue weighted by atomic mass is 10.0. The van der Waals surface area contributed by atoms with E-state index in [0.717, 1.165) is 12.1 Å². The normalized spacial score (nSPS) is 18.5. The van der Waals surface area contributed by atoms with Crippen LogP contribution < -0.4 is 10.6 Å². The van der Waals surface area contributed by atoms with Gasteiger partial charge in [0.25, 0.3) is 0 Å². The predicted molar refractivity (Wildman–Crippen MR) is 88.8 cm³/mol. The van der Waals surface area contributed by atoms with Crippen LogP contribution in [0.1, 0.15) is 31.9 Å². The molecule has 1 aliphatic heterocycles. The van der Waals surface area contributed by atoms with Gasteiger partial charge in [0.1, 0.15) is 11.6 Å². The van der Waals surface area contributed by atoms with Crippen molar-refractivity contribution < 1.29 is 18.4 Å². The molecular weight excluding hydrogens is 340 g/mol. The topological polar surface area (TPSA) is 61.4 Å². The Kier molecular flexibility index (Phi) is 7.57. The molecule has 1 aliphatic rings. The van der Waals surface area contributed by atoms with E-state index in [1.165, 1.54) is 13.0 Å².